The molecule has 2 atom stereocenters. The Hall–Kier alpha value is -2.85. The van der Waals surface area contributed by atoms with Crippen molar-refractivity contribution in [3.63, 3.8) is 0 Å². The third kappa shape index (κ3) is 3.53. The summed E-state index contributed by atoms with van der Waals surface area (Å²) < 4.78 is 12.1. The van der Waals surface area contributed by atoms with Crippen molar-refractivity contribution in [1.29, 1.82) is 0 Å². The van der Waals surface area contributed by atoms with Crippen LogP contribution in [0.25, 0.3) is 0 Å². The molecule has 4 nitrogen and oxygen atoms in total. The summed E-state index contributed by atoms with van der Waals surface area (Å²) >= 11 is 0. The minimum absolute atomic E-state index is 0.0526. The first-order chi connectivity index (χ1) is 13.3. The monoisotopic (exact) mass is 360 g/mol. The smallest absolute Gasteiger partial charge is 0.129 e. The van der Waals surface area contributed by atoms with Crippen LogP contribution >= 0.6 is 0 Å². The van der Waals surface area contributed by atoms with Crippen molar-refractivity contribution in [2.24, 2.45) is 0 Å². The zero-order valence-corrected chi connectivity index (χ0v) is 15.7. The summed E-state index contributed by atoms with van der Waals surface area (Å²) in [5, 5.41) is 3.39. The first-order valence-electron chi connectivity index (χ1n) is 9.25. The highest BCUT2D eigenvalue weighted by Crippen LogP contribution is 2.42. The Morgan fingerprint density at radius 1 is 1.07 bits per heavy atom. The van der Waals surface area contributed by atoms with Crippen molar-refractivity contribution in [2.75, 3.05) is 19.0 Å². The number of nitrogens with zero attached hydrogens (tertiary/aromatic N) is 1. The lowest BCUT2D eigenvalue weighted by atomic mass is 9.89. The number of methoxy groups -OCH3 is 1. The number of rotatable bonds is 6. The van der Waals surface area contributed by atoms with Crippen molar-refractivity contribution >= 4 is 5.82 Å². The van der Waals surface area contributed by atoms with Crippen LogP contribution in [0.15, 0.2) is 66.9 Å². The van der Waals surface area contributed by atoms with Gasteiger partial charge in [0.1, 0.15) is 18.2 Å². The molecule has 1 aromatic heterocycles. The molecule has 4 heteroatoms. The Morgan fingerprint density at radius 3 is 2.74 bits per heavy atom. The second kappa shape index (κ2) is 7.80. The molecular formula is C23H24N2O2. The third-order valence-corrected chi connectivity index (χ3v) is 5.22. The molecule has 3 aromatic rings. The average Bonchev–Trinajstić information content (AvgIpc) is 3.14. The molecule has 0 radical (unpaired) electrons. The number of hydrogen-bond donors (Lipinski definition) is 1. The normalized spacial score (nSPS) is 16.4. The number of ether oxygens (including phenoxy) is 2. The molecule has 2 aromatic carbocycles. The molecule has 4 rings (SSSR count). The van der Waals surface area contributed by atoms with Gasteiger partial charge in [-0.3, -0.25) is 0 Å². The van der Waals surface area contributed by atoms with Crippen LogP contribution in [0, 0.1) is 6.92 Å². The molecule has 0 saturated carbocycles. The topological polar surface area (TPSA) is 43.4 Å². The maximum absolute atomic E-state index is 6.11. The quantitative estimate of drug-likeness (QED) is 0.681. The van der Waals surface area contributed by atoms with E-state index in [1.807, 2.05) is 42.6 Å². The van der Waals surface area contributed by atoms with Gasteiger partial charge in [0.25, 0.3) is 0 Å². The van der Waals surface area contributed by atoms with Gasteiger partial charge in [-0.05, 0) is 35.7 Å². The number of anilines is 1. The van der Waals surface area contributed by atoms with Gasteiger partial charge in [-0.2, -0.15) is 0 Å². The van der Waals surface area contributed by atoms with Gasteiger partial charge in [0.2, 0.25) is 0 Å². The maximum atomic E-state index is 6.11. The SMILES string of the molecule is COC(c1cccc(OCc2ccccc2)c1C)C1CNc2ncccc21. The average molecular weight is 360 g/mol. The van der Waals surface area contributed by atoms with Gasteiger partial charge in [-0.1, -0.05) is 48.5 Å². The molecular weight excluding hydrogens is 336 g/mol. The first-order valence-corrected chi connectivity index (χ1v) is 9.25. The van der Waals surface area contributed by atoms with Gasteiger partial charge in [0, 0.05) is 31.3 Å². The molecule has 0 amide bonds. The summed E-state index contributed by atoms with van der Waals surface area (Å²) in [6, 6.07) is 20.5. The maximum Gasteiger partial charge on any atom is 0.129 e. The highest BCUT2D eigenvalue weighted by Gasteiger charge is 2.32. The standard InChI is InChI=1S/C23H24N2O2/c1-16-18(10-6-12-21(16)27-15-17-8-4-3-5-9-17)22(26-2)20-14-25-23-19(20)11-7-13-24-23/h3-13,20,22H,14-15H2,1-2H3,(H,24,25). The van der Waals surface area contributed by atoms with Crippen molar-refractivity contribution in [2.45, 2.75) is 25.6 Å². The lowest BCUT2D eigenvalue weighted by Crippen LogP contribution is -2.16. The zero-order chi connectivity index (χ0) is 18.6. The van der Waals surface area contributed by atoms with E-state index < -0.39 is 0 Å². The number of hydrogen-bond acceptors (Lipinski definition) is 4. The zero-order valence-electron chi connectivity index (χ0n) is 15.7. The summed E-state index contributed by atoms with van der Waals surface area (Å²) in [4.78, 5) is 4.43. The van der Waals surface area contributed by atoms with Crippen LogP contribution < -0.4 is 10.1 Å². The van der Waals surface area contributed by atoms with Crippen LogP contribution in [0.2, 0.25) is 0 Å². The molecule has 0 fully saturated rings. The Balaban J connectivity index is 1.59. The molecule has 1 aliphatic heterocycles. The Kier molecular flexibility index (Phi) is 5.07. The van der Waals surface area contributed by atoms with Gasteiger partial charge in [-0.25, -0.2) is 4.98 Å². The second-order valence-electron chi connectivity index (χ2n) is 6.83. The fraction of sp³-hybridized carbons (Fsp3) is 0.261. The minimum Gasteiger partial charge on any atom is -0.489 e. The van der Waals surface area contributed by atoms with E-state index in [0.717, 1.165) is 34.8 Å². The third-order valence-electron chi connectivity index (χ3n) is 5.22. The van der Waals surface area contributed by atoms with Gasteiger partial charge >= 0.3 is 0 Å². The molecule has 2 heterocycles. The lowest BCUT2D eigenvalue weighted by molar-refractivity contribution is 0.0829. The molecule has 0 aliphatic carbocycles. The summed E-state index contributed by atoms with van der Waals surface area (Å²) in [6.45, 7) is 3.48. The Bertz CT molecular complexity index is 911. The fourth-order valence-electron chi connectivity index (χ4n) is 3.79. The van der Waals surface area contributed by atoms with E-state index in [9.17, 15) is 0 Å². The van der Waals surface area contributed by atoms with E-state index in [2.05, 4.69) is 41.5 Å². The Morgan fingerprint density at radius 2 is 1.93 bits per heavy atom. The van der Waals surface area contributed by atoms with Gasteiger partial charge in [0.05, 0.1) is 6.10 Å². The predicted octanol–water partition coefficient (Wildman–Crippen LogP) is 4.87. The van der Waals surface area contributed by atoms with Crippen molar-refractivity contribution in [3.8, 4) is 5.75 Å². The number of nitrogens with one attached hydrogen (secondary N) is 1. The van der Waals surface area contributed by atoms with Gasteiger partial charge < -0.3 is 14.8 Å². The molecule has 138 valence electrons. The van der Waals surface area contributed by atoms with Gasteiger partial charge in [-0.15, -0.1) is 0 Å². The van der Waals surface area contributed by atoms with E-state index in [1.165, 1.54) is 5.56 Å². The van der Waals surface area contributed by atoms with Crippen LogP contribution in [0.1, 0.15) is 34.3 Å². The van der Waals surface area contributed by atoms with Crippen molar-refractivity contribution in [3.05, 3.63) is 89.1 Å². The largest absolute Gasteiger partial charge is 0.489 e. The predicted molar refractivity (Wildman–Crippen MR) is 107 cm³/mol. The van der Waals surface area contributed by atoms with E-state index in [1.54, 1.807) is 7.11 Å². The molecule has 1 aliphatic rings. The molecule has 0 bridgehead atoms. The second-order valence-corrected chi connectivity index (χ2v) is 6.83. The van der Waals surface area contributed by atoms with Crippen LogP contribution in [0.4, 0.5) is 5.82 Å². The van der Waals surface area contributed by atoms with Gasteiger partial charge in [0.15, 0.2) is 0 Å². The lowest BCUT2D eigenvalue weighted by Gasteiger charge is -2.25. The number of benzene rings is 2. The molecule has 0 spiro atoms. The summed E-state index contributed by atoms with van der Waals surface area (Å²) in [6.07, 6.45) is 1.77. The van der Waals surface area contributed by atoms with Crippen LogP contribution in [0.3, 0.4) is 0 Å². The van der Waals surface area contributed by atoms with Crippen LogP contribution in [-0.4, -0.2) is 18.6 Å². The summed E-state index contributed by atoms with van der Waals surface area (Å²) in [5.74, 6) is 2.08. The fourth-order valence-corrected chi connectivity index (χ4v) is 3.79. The number of pyridine rings is 1. The number of aromatic nitrogens is 1. The minimum atomic E-state index is -0.0526. The van der Waals surface area contributed by atoms with E-state index in [0.29, 0.717) is 6.61 Å². The van der Waals surface area contributed by atoms with Crippen molar-refractivity contribution < 1.29 is 9.47 Å². The molecule has 1 N–H and O–H groups in total. The van der Waals surface area contributed by atoms with E-state index in [-0.39, 0.29) is 12.0 Å². The molecule has 27 heavy (non-hydrogen) atoms. The Labute approximate surface area is 160 Å². The van der Waals surface area contributed by atoms with Crippen LogP contribution in [-0.2, 0) is 11.3 Å². The summed E-state index contributed by atoms with van der Waals surface area (Å²) in [5.41, 5.74) is 4.65. The molecule has 2 unspecified atom stereocenters. The highest BCUT2D eigenvalue weighted by molar-refractivity contribution is 5.53. The van der Waals surface area contributed by atoms with E-state index in [4.69, 9.17) is 9.47 Å². The highest BCUT2D eigenvalue weighted by atomic mass is 16.5. The first kappa shape index (κ1) is 17.6. The molecule has 0 saturated heterocycles. The van der Waals surface area contributed by atoms with Crippen molar-refractivity contribution in [1.82, 2.24) is 4.98 Å². The van der Waals surface area contributed by atoms with Crippen LogP contribution in [0.5, 0.6) is 5.75 Å². The van der Waals surface area contributed by atoms with E-state index >= 15 is 0 Å². The summed E-state index contributed by atoms with van der Waals surface area (Å²) in [7, 11) is 1.77. The number of fused-ring (bicyclic) bond motifs is 1.